The van der Waals surface area contributed by atoms with Crippen LogP contribution in [-0.2, 0) is 25.9 Å². The maximum atomic E-state index is 5.83. The highest BCUT2D eigenvalue weighted by Gasteiger charge is 2.35. The SMILES string of the molecule is CC(C)(C)N1CC(Oc2ccccc2)C1.CC(C)(C)N1CCc2ccccc2C1.CC(C)(C)N1CCc2sccc2C1. The van der Waals surface area contributed by atoms with Gasteiger partial charge in [-0.2, -0.15) is 0 Å². The van der Waals surface area contributed by atoms with Crippen molar-refractivity contribution < 1.29 is 4.74 Å². The average molecular weight is 590 g/mol. The predicted molar refractivity (Wildman–Crippen MR) is 181 cm³/mol. The number of likely N-dealkylation sites (tertiary alicyclic amines) is 1. The first-order chi connectivity index (χ1) is 19.7. The summed E-state index contributed by atoms with van der Waals surface area (Å²) >= 11 is 1.91. The number of benzene rings is 2. The van der Waals surface area contributed by atoms with Gasteiger partial charge in [-0.25, -0.2) is 0 Å². The topological polar surface area (TPSA) is 19.0 Å². The number of hydrogen-bond acceptors (Lipinski definition) is 5. The molecule has 0 atom stereocenters. The van der Waals surface area contributed by atoms with Gasteiger partial charge in [-0.1, -0.05) is 42.5 Å². The Bertz CT molecular complexity index is 1240. The molecule has 2 aromatic carbocycles. The van der Waals surface area contributed by atoms with E-state index in [-0.39, 0.29) is 5.54 Å². The Balaban J connectivity index is 0.000000145. The zero-order valence-corrected chi connectivity index (χ0v) is 28.6. The molecule has 4 nitrogen and oxygen atoms in total. The van der Waals surface area contributed by atoms with Gasteiger partial charge < -0.3 is 4.74 Å². The minimum atomic E-state index is 0.274. The Morgan fingerprint density at radius 2 is 1.12 bits per heavy atom. The molecule has 42 heavy (non-hydrogen) atoms. The summed E-state index contributed by atoms with van der Waals surface area (Å²) in [5, 5.41) is 2.22. The normalized spacial score (nSPS) is 18.4. The van der Waals surface area contributed by atoms with Gasteiger partial charge in [-0.15, -0.1) is 11.3 Å². The first-order valence-electron chi connectivity index (χ1n) is 15.8. The molecule has 0 radical (unpaired) electrons. The molecule has 3 aliphatic rings. The van der Waals surface area contributed by atoms with E-state index in [9.17, 15) is 0 Å². The van der Waals surface area contributed by atoms with Gasteiger partial charge in [0.25, 0.3) is 0 Å². The summed E-state index contributed by atoms with van der Waals surface area (Å²) < 4.78 is 5.83. The molecule has 5 heteroatoms. The number of rotatable bonds is 2. The molecule has 0 aliphatic carbocycles. The number of fused-ring (bicyclic) bond motifs is 2. The molecular weight excluding hydrogens is 534 g/mol. The summed E-state index contributed by atoms with van der Waals surface area (Å²) in [6.45, 7) is 27.2. The highest BCUT2D eigenvalue weighted by molar-refractivity contribution is 7.10. The highest BCUT2D eigenvalue weighted by atomic mass is 32.1. The van der Waals surface area contributed by atoms with Crippen molar-refractivity contribution in [3.05, 3.63) is 87.6 Å². The summed E-state index contributed by atoms with van der Waals surface area (Å²) in [4.78, 5) is 9.14. The summed E-state index contributed by atoms with van der Waals surface area (Å²) in [5.41, 5.74) is 5.48. The molecule has 1 aromatic heterocycles. The molecule has 3 aliphatic heterocycles. The fraction of sp³-hybridized carbons (Fsp3) is 0.568. The van der Waals surface area contributed by atoms with E-state index >= 15 is 0 Å². The fourth-order valence-electron chi connectivity index (χ4n) is 5.64. The molecule has 0 unspecified atom stereocenters. The fourth-order valence-corrected chi connectivity index (χ4v) is 6.53. The third-order valence-electron chi connectivity index (χ3n) is 8.68. The smallest absolute Gasteiger partial charge is 0.124 e. The van der Waals surface area contributed by atoms with E-state index in [1.54, 1.807) is 10.4 Å². The van der Waals surface area contributed by atoms with Crippen LogP contribution in [0.5, 0.6) is 5.75 Å². The molecule has 230 valence electrons. The second-order valence-electron chi connectivity index (χ2n) is 15.0. The van der Waals surface area contributed by atoms with Crippen molar-refractivity contribution in [1.82, 2.24) is 14.7 Å². The van der Waals surface area contributed by atoms with Crippen LogP contribution in [0.2, 0.25) is 0 Å². The largest absolute Gasteiger partial charge is 0.488 e. The molecule has 3 aromatic rings. The molecular formula is C37H55N3OS. The van der Waals surface area contributed by atoms with Crippen LogP contribution in [0.3, 0.4) is 0 Å². The Morgan fingerprint density at radius 3 is 1.71 bits per heavy atom. The monoisotopic (exact) mass is 589 g/mol. The van der Waals surface area contributed by atoms with Crippen LogP contribution in [0, 0.1) is 0 Å². The first-order valence-corrected chi connectivity index (χ1v) is 16.7. The molecule has 0 N–H and O–H groups in total. The number of para-hydroxylation sites is 1. The zero-order valence-electron chi connectivity index (χ0n) is 27.7. The predicted octanol–water partition coefficient (Wildman–Crippen LogP) is 8.30. The van der Waals surface area contributed by atoms with Gasteiger partial charge in [0.05, 0.1) is 0 Å². The number of nitrogens with zero attached hydrogens (tertiary/aromatic N) is 3. The third kappa shape index (κ3) is 9.16. The second kappa shape index (κ2) is 13.6. The van der Waals surface area contributed by atoms with Crippen molar-refractivity contribution in [3.8, 4) is 5.75 Å². The van der Waals surface area contributed by atoms with Crippen LogP contribution >= 0.6 is 11.3 Å². The van der Waals surface area contributed by atoms with Crippen LogP contribution in [0.1, 0.15) is 83.9 Å². The lowest BCUT2D eigenvalue weighted by molar-refractivity contribution is -0.0349. The van der Waals surface area contributed by atoms with E-state index in [0.29, 0.717) is 17.2 Å². The maximum Gasteiger partial charge on any atom is 0.124 e. The number of ether oxygens (including phenoxy) is 1. The van der Waals surface area contributed by atoms with E-state index in [1.807, 2.05) is 41.7 Å². The van der Waals surface area contributed by atoms with Gasteiger partial charge >= 0.3 is 0 Å². The Kier molecular flexibility index (Phi) is 10.6. The van der Waals surface area contributed by atoms with Gasteiger partial charge in [-0.3, -0.25) is 14.7 Å². The van der Waals surface area contributed by atoms with Crippen LogP contribution in [0.4, 0.5) is 0 Å². The summed E-state index contributed by atoms with van der Waals surface area (Å²) in [6.07, 6.45) is 2.81. The van der Waals surface area contributed by atoms with Crippen LogP contribution in [-0.4, -0.2) is 63.6 Å². The summed E-state index contributed by atoms with van der Waals surface area (Å²) in [5.74, 6) is 0.982. The zero-order chi connectivity index (χ0) is 30.5. The Hall–Kier alpha value is -2.18. The standard InChI is InChI=1S/C13H19NO.C13H19N.C11H17NS/c1-13(2,3)14-9-12(10-14)15-11-7-5-4-6-8-11;1-13(2,3)14-9-8-11-6-4-5-7-12(11)10-14;1-11(2,3)12-6-4-10-9(8-12)5-7-13-10/h4-8,12H,9-10H2,1-3H3;4-7H,8-10H2,1-3H3;5,7H,4,6,8H2,1-3H3. The average Bonchev–Trinajstić information content (AvgIpc) is 3.38. The van der Waals surface area contributed by atoms with Crippen molar-refractivity contribution in [2.45, 2.75) is 111 Å². The molecule has 6 rings (SSSR count). The lowest BCUT2D eigenvalue weighted by Gasteiger charge is -2.47. The molecule has 0 bridgehead atoms. The Labute approximate surface area is 260 Å². The molecule has 4 heterocycles. The van der Waals surface area contributed by atoms with E-state index in [2.05, 4.69) is 113 Å². The summed E-state index contributed by atoms with van der Waals surface area (Å²) in [7, 11) is 0. The van der Waals surface area contributed by atoms with Crippen molar-refractivity contribution in [2.24, 2.45) is 0 Å². The highest BCUT2D eigenvalue weighted by Crippen LogP contribution is 2.28. The van der Waals surface area contributed by atoms with Crippen molar-refractivity contribution in [1.29, 1.82) is 0 Å². The molecule has 1 fully saturated rings. The van der Waals surface area contributed by atoms with Crippen molar-refractivity contribution in [3.63, 3.8) is 0 Å². The second-order valence-corrected chi connectivity index (χ2v) is 16.0. The number of hydrogen-bond donors (Lipinski definition) is 0. The third-order valence-corrected chi connectivity index (χ3v) is 9.70. The van der Waals surface area contributed by atoms with Gasteiger partial charge in [-0.05, 0) is 115 Å². The lowest BCUT2D eigenvalue weighted by Crippen LogP contribution is -2.60. The van der Waals surface area contributed by atoms with Crippen LogP contribution < -0.4 is 4.74 Å². The lowest BCUT2D eigenvalue weighted by atomic mass is 9.95. The minimum Gasteiger partial charge on any atom is -0.488 e. The Morgan fingerprint density at radius 1 is 0.595 bits per heavy atom. The van der Waals surface area contributed by atoms with Crippen LogP contribution in [0.15, 0.2) is 66.0 Å². The van der Waals surface area contributed by atoms with Gasteiger partial charge in [0.2, 0.25) is 0 Å². The number of thiophene rings is 1. The first kappa shape index (κ1) is 32.7. The molecule has 1 saturated heterocycles. The van der Waals surface area contributed by atoms with E-state index in [1.165, 1.54) is 37.1 Å². The van der Waals surface area contributed by atoms with E-state index < -0.39 is 0 Å². The van der Waals surface area contributed by atoms with Crippen molar-refractivity contribution >= 4 is 11.3 Å². The molecule has 0 amide bonds. The van der Waals surface area contributed by atoms with Gasteiger partial charge in [0.15, 0.2) is 0 Å². The van der Waals surface area contributed by atoms with Gasteiger partial charge in [0.1, 0.15) is 11.9 Å². The van der Waals surface area contributed by atoms with Gasteiger partial charge in [0, 0.05) is 60.8 Å². The van der Waals surface area contributed by atoms with Crippen LogP contribution in [0.25, 0.3) is 0 Å². The quantitative estimate of drug-likeness (QED) is 0.299. The minimum absolute atomic E-state index is 0.274. The van der Waals surface area contributed by atoms with E-state index in [0.717, 1.165) is 31.9 Å². The van der Waals surface area contributed by atoms with Crippen molar-refractivity contribution in [2.75, 3.05) is 26.2 Å². The summed E-state index contributed by atoms with van der Waals surface area (Å²) in [6, 6.07) is 21.1. The maximum absolute atomic E-state index is 5.83. The molecule has 0 spiro atoms. The van der Waals surface area contributed by atoms with E-state index in [4.69, 9.17) is 4.74 Å². The molecule has 0 saturated carbocycles.